The van der Waals surface area contributed by atoms with Gasteiger partial charge in [-0.15, -0.1) is 0 Å². The van der Waals surface area contributed by atoms with Crippen molar-refractivity contribution in [2.45, 2.75) is 25.9 Å². The van der Waals surface area contributed by atoms with E-state index in [9.17, 15) is 19.4 Å². The number of aliphatic hydroxyl groups is 2. The van der Waals surface area contributed by atoms with E-state index in [1.807, 2.05) is 4.90 Å². The van der Waals surface area contributed by atoms with Gasteiger partial charge in [-0.1, -0.05) is 12.1 Å². The van der Waals surface area contributed by atoms with Crippen LogP contribution in [0, 0.1) is 18.2 Å². The lowest BCUT2D eigenvalue weighted by molar-refractivity contribution is -0.0294. The van der Waals surface area contributed by atoms with E-state index in [0.29, 0.717) is 37.6 Å². The summed E-state index contributed by atoms with van der Waals surface area (Å²) < 4.78 is 18.0. The molecule has 28 heavy (non-hydrogen) atoms. The number of methoxy groups -OCH3 is 1. The molecule has 0 amide bonds. The number of halogens is 1. The first-order chi connectivity index (χ1) is 13.4. The van der Waals surface area contributed by atoms with E-state index in [0.717, 1.165) is 5.56 Å². The van der Waals surface area contributed by atoms with Gasteiger partial charge in [0, 0.05) is 24.2 Å². The largest absolute Gasteiger partial charge is 0.464 e. The highest BCUT2D eigenvalue weighted by Crippen LogP contribution is 2.35. The number of aryl methyl sites for hydroxylation is 1. The van der Waals surface area contributed by atoms with E-state index < -0.39 is 17.5 Å². The normalized spacial score (nSPS) is 22.2. The highest BCUT2D eigenvalue weighted by molar-refractivity contribution is 5.87. The average molecular weight is 389 g/mol. The third-order valence-corrected chi connectivity index (χ3v) is 5.19. The SMILES string of the molecule is COC(=O)c1cc(C)nc(N2CC[C@H](O)[C@@](CO)(Cc3ccc(F)cc3)C2)n1. The summed E-state index contributed by atoms with van der Waals surface area (Å²) in [6, 6.07) is 7.57. The fraction of sp³-hybridized carbons (Fsp3) is 0.450. The van der Waals surface area contributed by atoms with E-state index in [1.165, 1.54) is 19.2 Å². The number of nitrogens with zero attached hydrogens (tertiary/aromatic N) is 3. The van der Waals surface area contributed by atoms with E-state index >= 15 is 0 Å². The van der Waals surface area contributed by atoms with Crippen molar-refractivity contribution in [1.29, 1.82) is 0 Å². The van der Waals surface area contributed by atoms with Gasteiger partial charge in [-0.3, -0.25) is 0 Å². The summed E-state index contributed by atoms with van der Waals surface area (Å²) >= 11 is 0. The molecule has 0 bridgehead atoms. The number of hydrogen-bond donors (Lipinski definition) is 2. The minimum Gasteiger partial charge on any atom is -0.464 e. The zero-order valence-corrected chi connectivity index (χ0v) is 15.9. The molecular formula is C20H24FN3O4. The van der Waals surface area contributed by atoms with E-state index in [1.54, 1.807) is 25.1 Å². The zero-order valence-electron chi connectivity index (χ0n) is 15.9. The number of hydrogen-bond acceptors (Lipinski definition) is 7. The summed E-state index contributed by atoms with van der Waals surface area (Å²) in [6.07, 6.45) is 0.0488. The van der Waals surface area contributed by atoms with Crippen LogP contribution < -0.4 is 4.90 Å². The molecule has 2 aromatic rings. The van der Waals surface area contributed by atoms with Gasteiger partial charge in [-0.05, 0) is 43.5 Å². The molecule has 8 heteroatoms. The molecule has 0 radical (unpaired) electrons. The molecule has 1 aliphatic rings. The van der Waals surface area contributed by atoms with Crippen LogP contribution in [0.2, 0.25) is 0 Å². The van der Waals surface area contributed by atoms with Crippen LogP contribution in [0.3, 0.4) is 0 Å². The van der Waals surface area contributed by atoms with Crippen LogP contribution in [0.15, 0.2) is 30.3 Å². The summed E-state index contributed by atoms with van der Waals surface area (Å²) in [5, 5.41) is 20.8. The smallest absolute Gasteiger partial charge is 0.356 e. The third kappa shape index (κ3) is 4.13. The van der Waals surface area contributed by atoms with Crippen LogP contribution >= 0.6 is 0 Å². The Kier molecular flexibility index (Phi) is 5.90. The van der Waals surface area contributed by atoms with Gasteiger partial charge in [0.05, 0.1) is 19.8 Å². The third-order valence-electron chi connectivity index (χ3n) is 5.19. The first kappa shape index (κ1) is 20.2. The minimum absolute atomic E-state index is 0.157. The van der Waals surface area contributed by atoms with E-state index in [2.05, 4.69) is 9.97 Å². The maximum Gasteiger partial charge on any atom is 0.356 e. The lowest BCUT2D eigenvalue weighted by Crippen LogP contribution is -2.55. The highest BCUT2D eigenvalue weighted by atomic mass is 19.1. The Morgan fingerprint density at radius 2 is 2.07 bits per heavy atom. The number of aromatic nitrogens is 2. The second-order valence-electron chi connectivity index (χ2n) is 7.24. The van der Waals surface area contributed by atoms with Gasteiger partial charge in [0.1, 0.15) is 5.82 Å². The molecule has 1 saturated heterocycles. The molecule has 3 rings (SSSR count). The van der Waals surface area contributed by atoms with Gasteiger partial charge in [0.15, 0.2) is 5.69 Å². The highest BCUT2D eigenvalue weighted by Gasteiger charge is 2.43. The molecule has 1 aliphatic heterocycles. The Balaban J connectivity index is 1.89. The number of rotatable bonds is 5. The van der Waals surface area contributed by atoms with Crippen molar-refractivity contribution < 1.29 is 24.1 Å². The number of piperidine rings is 1. The van der Waals surface area contributed by atoms with E-state index in [-0.39, 0.29) is 18.1 Å². The number of benzene rings is 1. The molecule has 1 fully saturated rings. The zero-order chi connectivity index (χ0) is 20.3. The lowest BCUT2D eigenvalue weighted by Gasteiger charge is -2.45. The maximum atomic E-state index is 13.2. The Labute approximate surface area is 162 Å². The van der Waals surface area contributed by atoms with E-state index in [4.69, 9.17) is 4.74 Å². The minimum atomic E-state index is -0.853. The second-order valence-corrected chi connectivity index (χ2v) is 7.24. The first-order valence-electron chi connectivity index (χ1n) is 9.09. The summed E-state index contributed by atoms with van der Waals surface area (Å²) in [6.45, 7) is 2.29. The molecule has 2 N–H and O–H groups in total. The van der Waals surface area contributed by atoms with Crippen molar-refractivity contribution in [1.82, 2.24) is 9.97 Å². The summed E-state index contributed by atoms with van der Waals surface area (Å²) in [5.74, 6) is -0.538. The van der Waals surface area contributed by atoms with Crippen molar-refractivity contribution >= 4 is 11.9 Å². The molecule has 150 valence electrons. The molecular weight excluding hydrogens is 365 g/mol. The molecule has 0 saturated carbocycles. The van der Waals surface area contributed by atoms with Gasteiger partial charge >= 0.3 is 5.97 Å². The Hall–Kier alpha value is -2.58. The quantitative estimate of drug-likeness (QED) is 0.748. The molecule has 0 spiro atoms. The predicted molar refractivity (Wildman–Crippen MR) is 101 cm³/mol. The Morgan fingerprint density at radius 1 is 1.36 bits per heavy atom. The fourth-order valence-electron chi connectivity index (χ4n) is 3.62. The van der Waals surface area contributed by atoms with Gasteiger partial charge < -0.3 is 19.8 Å². The van der Waals surface area contributed by atoms with Crippen LogP contribution in [0.4, 0.5) is 10.3 Å². The number of carbonyl (C=O) groups is 1. The van der Waals surface area contributed by atoms with Crippen LogP contribution in [0.5, 0.6) is 0 Å². The lowest BCUT2D eigenvalue weighted by atomic mass is 9.73. The summed E-state index contributed by atoms with van der Waals surface area (Å²) in [7, 11) is 1.29. The number of esters is 1. The van der Waals surface area contributed by atoms with Crippen LogP contribution in [0.1, 0.15) is 28.2 Å². The predicted octanol–water partition coefficient (Wildman–Crippen LogP) is 1.50. The van der Waals surface area contributed by atoms with Crippen LogP contribution in [-0.2, 0) is 11.2 Å². The molecule has 7 nitrogen and oxygen atoms in total. The van der Waals surface area contributed by atoms with Crippen molar-refractivity contribution in [3.63, 3.8) is 0 Å². The summed E-state index contributed by atoms with van der Waals surface area (Å²) in [5.41, 5.74) is 0.736. The monoisotopic (exact) mass is 389 g/mol. The molecule has 0 aliphatic carbocycles. The number of aliphatic hydroxyl groups excluding tert-OH is 2. The van der Waals surface area contributed by atoms with Crippen LogP contribution in [0.25, 0.3) is 0 Å². The molecule has 2 heterocycles. The van der Waals surface area contributed by atoms with Crippen molar-refractivity contribution in [3.05, 3.63) is 53.1 Å². The maximum absolute atomic E-state index is 13.2. The first-order valence-corrected chi connectivity index (χ1v) is 9.09. The topological polar surface area (TPSA) is 95.8 Å². The van der Waals surface area contributed by atoms with Gasteiger partial charge in [-0.2, -0.15) is 0 Å². The molecule has 0 unspecified atom stereocenters. The summed E-state index contributed by atoms with van der Waals surface area (Å²) in [4.78, 5) is 22.4. The molecule has 2 atom stereocenters. The number of ether oxygens (including phenoxy) is 1. The number of anilines is 1. The Morgan fingerprint density at radius 3 is 2.71 bits per heavy atom. The average Bonchev–Trinajstić information content (AvgIpc) is 2.70. The molecule has 1 aromatic carbocycles. The fourth-order valence-corrected chi connectivity index (χ4v) is 3.62. The number of carbonyl (C=O) groups excluding carboxylic acids is 1. The van der Waals surface area contributed by atoms with Crippen molar-refractivity contribution in [2.75, 3.05) is 31.7 Å². The standard InChI is InChI=1S/C20H24FN3O4/c1-13-9-16(18(27)28-2)23-19(22-13)24-8-7-17(26)20(11-24,12-25)10-14-3-5-15(21)6-4-14/h3-6,9,17,25-26H,7-8,10-12H2,1-2H3/t17-,20-/m0/s1. The Bertz CT molecular complexity index is 846. The molecule has 1 aromatic heterocycles. The van der Waals surface area contributed by atoms with Gasteiger partial charge in [0.25, 0.3) is 0 Å². The second kappa shape index (κ2) is 8.20. The van der Waals surface area contributed by atoms with Crippen molar-refractivity contribution in [2.24, 2.45) is 5.41 Å². The van der Waals surface area contributed by atoms with Crippen LogP contribution in [-0.4, -0.2) is 59.1 Å². The van der Waals surface area contributed by atoms with Gasteiger partial charge in [0.2, 0.25) is 5.95 Å². The van der Waals surface area contributed by atoms with Gasteiger partial charge in [-0.25, -0.2) is 19.2 Å². The van der Waals surface area contributed by atoms with Crippen molar-refractivity contribution in [3.8, 4) is 0 Å².